The van der Waals surface area contributed by atoms with E-state index in [-0.39, 0.29) is 6.61 Å². The Labute approximate surface area is 119 Å². The van der Waals surface area contributed by atoms with Crippen molar-refractivity contribution in [1.82, 2.24) is 9.80 Å². The Kier molecular flexibility index (Phi) is 5.98. The molecule has 1 N–H and O–H groups in total. The van der Waals surface area contributed by atoms with Crippen molar-refractivity contribution in [3.63, 3.8) is 0 Å². The third-order valence-electron chi connectivity index (χ3n) is 3.57. The first-order valence-electron chi connectivity index (χ1n) is 7.05. The van der Waals surface area contributed by atoms with Gasteiger partial charge in [0.25, 0.3) is 0 Å². The van der Waals surface area contributed by atoms with Gasteiger partial charge in [-0.1, -0.05) is 0 Å². The second-order valence-electron chi connectivity index (χ2n) is 4.94. The lowest BCUT2D eigenvalue weighted by Crippen LogP contribution is -2.48. The fraction of sp³-hybridized carbons (Fsp3) is 0.533. The average molecular weight is 278 g/mol. The number of rotatable bonds is 7. The molecule has 0 amide bonds. The molecule has 0 aromatic heterocycles. The number of piperazine rings is 1. The predicted octanol–water partition coefficient (Wildman–Crippen LogP) is 0.488. The highest BCUT2D eigenvalue weighted by atomic mass is 16.5. The summed E-state index contributed by atoms with van der Waals surface area (Å²) in [6.07, 6.45) is 0.829. The number of aldehydes is 1. The van der Waals surface area contributed by atoms with Crippen molar-refractivity contribution >= 4 is 6.29 Å². The van der Waals surface area contributed by atoms with Gasteiger partial charge in [0.15, 0.2) is 0 Å². The number of β-amino-alcohol motifs (C(OH)–C–C–N with tert-alkyl or cyclic N) is 1. The molecule has 5 heteroatoms. The van der Waals surface area contributed by atoms with Gasteiger partial charge in [-0.05, 0) is 24.3 Å². The molecule has 0 aliphatic carbocycles. The molecule has 0 atom stereocenters. The van der Waals surface area contributed by atoms with E-state index in [1.54, 1.807) is 12.1 Å². The van der Waals surface area contributed by atoms with Crippen LogP contribution >= 0.6 is 0 Å². The standard InChI is InChI=1S/C15H22N2O3/c18-11-9-16-5-7-17(8-6-16)10-12-20-15-3-1-14(13-19)2-4-15/h1-4,13,18H,5-12H2. The molecule has 1 aromatic rings. The Bertz CT molecular complexity index is 400. The Balaban J connectivity index is 1.64. The Hall–Kier alpha value is -1.43. The van der Waals surface area contributed by atoms with E-state index >= 15 is 0 Å². The van der Waals surface area contributed by atoms with E-state index in [4.69, 9.17) is 9.84 Å². The Morgan fingerprint density at radius 3 is 2.20 bits per heavy atom. The molecule has 0 radical (unpaired) electrons. The lowest BCUT2D eigenvalue weighted by Gasteiger charge is -2.34. The fourth-order valence-corrected chi connectivity index (χ4v) is 2.31. The van der Waals surface area contributed by atoms with Crippen LogP contribution in [-0.2, 0) is 0 Å². The number of benzene rings is 1. The number of hydrogen-bond donors (Lipinski definition) is 1. The van der Waals surface area contributed by atoms with Gasteiger partial charge >= 0.3 is 0 Å². The van der Waals surface area contributed by atoms with Crippen LogP contribution < -0.4 is 4.74 Å². The van der Waals surface area contributed by atoms with Gasteiger partial charge in [0, 0.05) is 44.8 Å². The van der Waals surface area contributed by atoms with E-state index < -0.39 is 0 Å². The predicted molar refractivity (Wildman–Crippen MR) is 77.3 cm³/mol. The topological polar surface area (TPSA) is 53.0 Å². The first-order chi connectivity index (χ1) is 9.81. The van der Waals surface area contributed by atoms with Crippen LogP contribution in [0.2, 0.25) is 0 Å². The van der Waals surface area contributed by atoms with Crippen LogP contribution in [0.4, 0.5) is 0 Å². The summed E-state index contributed by atoms with van der Waals surface area (Å²) in [5.74, 6) is 0.800. The lowest BCUT2D eigenvalue weighted by molar-refractivity contribution is 0.102. The largest absolute Gasteiger partial charge is 0.492 e. The molecule has 1 heterocycles. The number of aliphatic hydroxyl groups excluding tert-OH is 1. The molecule has 0 spiro atoms. The summed E-state index contributed by atoms with van der Waals surface area (Å²) in [6, 6.07) is 7.16. The van der Waals surface area contributed by atoms with E-state index in [2.05, 4.69) is 9.80 Å². The van der Waals surface area contributed by atoms with Crippen molar-refractivity contribution in [3.8, 4) is 5.75 Å². The van der Waals surface area contributed by atoms with Crippen molar-refractivity contribution in [2.75, 3.05) is 52.5 Å². The fourth-order valence-electron chi connectivity index (χ4n) is 2.31. The quantitative estimate of drug-likeness (QED) is 0.736. The van der Waals surface area contributed by atoms with Crippen LogP contribution in [0.3, 0.4) is 0 Å². The molecule has 0 unspecified atom stereocenters. The second kappa shape index (κ2) is 7.99. The molecule has 20 heavy (non-hydrogen) atoms. The first-order valence-corrected chi connectivity index (χ1v) is 7.05. The summed E-state index contributed by atoms with van der Waals surface area (Å²) in [5.41, 5.74) is 0.664. The maximum absolute atomic E-state index is 10.5. The molecule has 1 aliphatic rings. The normalized spacial score (nSPS) is 17.1. The summed E-state index contributed by atoms with van der Waals surface area (Å²) in [5, 5.41) is 8.89. The smallest absolute Gasteiger partial charge is 0.150 e. The van der Waals surface area contributed by atoms with Gasteiger partial charge < -0.3 is 9.84 Å². The summed E-state index contributed by atoms with van der Waals surface area (Å²) < 4.78 is 5.67. The summed E-state index contributed by atoms with van der Waals surface area (Å²) in [4.78, 5) is 15.2. The molecule has 0 saturated carbocycles. The minimum atomic E-state index is 0.236. The van der Waals surface area contributed by atoms with Crippen LogP contribution in [0.5, 0.6) is 5.75 Å². The molecule has 5 nitrogen and oxygen atoms in total. The van der Waals surface area contributed by atoms with E-state index in [9.17, 15) is 4.79 Å². The minimum Gasteiger partial charge on any atom is -0.492 e. The molecule has 0 bridgehead atoms. The van der Waals surface area contributed by atoms with Gasteiger partial charge in [-0.3, -0.25) is 14.6 Å². The maximum Gasteiger partial charge on any atom is 0.150 e. The zero-order chi connectivity index (χ0) is 14.2. The van der Waals surface area contributed by atoms with E-state index in [0.29, 0.717) is 12.2 Å². The van der Waals surface area contributed by atoms with Crippen molar-refractivity contribution in [3.05, 3.63) is 29.8 Å². The molecule has 110 valence electrons. The number of carbonyl (C=O) groups is 1. The molecular weight excluding hydrogens is 256 g/mol. The van der Waals surface area contributed by atoms with Crippen molar-refractivity contribution in [2.24, 2.45) is 0 Å². The van der Waals surface area contributed by atoms with Gasteiger partial charge in [0.1, 0.15) is 18.6 Å². The molecular formula is C15H22N2O3. The summed E-state index contributed by atoms with van der Waals surface area (Å²) in [7, 11) is 0. The average Bonchev–Trinajstić information content (AvgIpc) is 2.50. The lowest BCUT2D eigenvalue weighted by atomic mass is 10.2. The van der Waals surface area contributed by atoms with E-state index in [0.717, 1.165) is 51.3 Å². The molecule has 1 fully saturated rings. The Morgan fingerprint density at radius 1 is 1.05 bits per heavy atom. The van der Waals surface area contributed by atoms with Gasteiger partial charge in [0.05, 0.1) is 6.61 Å². The first kappa shape index (κ1) is 15.0. The maximum atomic E-state index is 10.5. The zero-order valence-electron chi connectivity index (χ0n) is 11.7. The number of carbonyl (C=O) groups excluding carboxylic acids is 1. The third-order valence-corrected chi connectivity index (χ3v) is 3.57. The van der Waals surface area contributed by atoms with E-state index in [1.165, 1.54) is 0 Å². The highest BCUT2D eigenvalue weighted by molar-refractivity contribution is 5.74. The van der Waals surface area contributed by atoms with Crippen molar-refractivity contribution in [1.29, 1.82) is 0 Å². The van der Waals surface area contributed by atoms with Crippen molar-refractivity contribution in [2.45, 2.75) is 0 Å². The van der Waals surface area contributed by atoms with Crippen LogP contribution in [0.1, 0.15) is 10.4 Å². The van der Waals surface area contributed by atoms with Gasteiger partial charge in [0.2, 0.25) is 0 Å². The van der Waals surface area contributed by atoms with Gasteiger partial charge in [-0.2, -0.15) is 0 Å². The number of hydrogen-bond acceptors (Lipinski definition) is 5. The van der Waals surface area contributed by atoms with Crippen LogP contribution in [0.15, 0.2) is 24.3 Å². The molecule has 2 rings (SSSR count). The van der Waals surface area contributed by atoms with Crippen LogP contribution in [0, 0.1) is 0 Å². The third kappa shape index (κ3) is 4.59. The number of aliphatic hydroxyl groups is 1. The van der Waals surface area contributed by atoms with Crippen LogP contribution in [0.25, 0.3) is 0 Å². The number of nitrogens with zero attached hydrogens (tertiary/aromatic N) is 2. The van der Waals surface area contributed by atoms with E-state index in [1.807, 2.05) is 12.1 Å². The summed E-state index contributed by atoms with van der Waals surface area (Å²) in [6.45, 7) is 6.63. The van der Waals surface area contributed by atoms with Crippen molar-refractivity contribution < 1.29 is 14.6 Å². The van der Waals surface area contributed by atoms with Gasteiger partial charge in [-0.25, -0.2) is 0 Å². The molecule has 1 saturated heterocycles. The second-order valence-corrected chi connectivity index (χ2v) is 4.94. The SMILES string of the molecule is O=Cc1ccc(OCCN2CCN(CCO)CC2)cc1. The molecule has 1 aliphatic heterocycles. The number of ether oxygens (including phenoxy) is 1. The zero-order valence-corrected chi connectivity index (χ0v) is 11.7. The monoisotopic (exact) mass is 278 g/mol. The highest BCUT2D eigenvalue weighted by Gasteiger charge is 2.15. The highest BCUT2D eigenvalue weighted by Crippen LogP contribution is 2.11. The minimum absolute atomic E-state index is 0.236. The summed E-state index contributed by atoms with van der Waals surface area (Å²) >= 11 is 0. The van der Waals surface area contributed by atoms with Crippen LogP contribution in [-0.4, -0.2) is 73.7 Å². The van der Waals surface area contributed by atoms with Gasteiger partial charge in [-0.15, -0.1) is 0 Å². The molecule has 1 aromatic carbocycles. The Morgan fingerprint density at radius 2 is 1.65 bits per heavy atom.